The molecule has 0 fully saturated rings. The maximum Gasteiger partial charge on any atom is 0.189 e. The summed E-state index contributed by atoms with van der Waals surface area (Å²) in [7, 11) is 1.62. The quantitative estimate of drug-likeness (QED) is 0.757. The minimum absolute atomic E-state index is 0.0732. The van der Waals surface area contributed by atoms with Gasteiger partial charge in [0, 0.05) is 17.6 Å². The van der Waals surface area contributed by atoms with Gasteiger partial charge in [-0.05, 0) is 42.0 Å². The van der Waals surface area contributed by atoms with Gasteiger partial charge in [0.15, 0.2) is 5.78 Å². The number of Topliss-reactive ketones (excluding diaryl/α,β-unsaturated/α-hetero) is 1. The Kier molecular flexibility index (Phi) is 2.52. The van der Waals surface area contributed by atoms with Crippen LogP contribution < -0.4 is 4.74 Å². The highest BCUT2D eigenvalue weighted by atomic mass is 16.5. The predicted octanol–water partition coefficient (Wildman–Crippen LogP) is 3.11. The first kappa shape index (κ1) is 10.8. The summed E-state index contributed by atoms with van der Waals surface area (Å²) in [6, 6.07) is 9.19. The van der Waals surface area contributed by atoms with Crippen molar-refractivity contribution < 1.29 is 13.9 Å². The molecule has 90 valence electrons. The Hall–Kier alpha value is -2.29. The zero-order valence-electron chi connectivity index (χ0n) is 9.97. The fourth-order valence-electron chi connectivity index (χ4n) is 2.18. The molecule has 0 spiro atoms. The van der Waals surface area contributed by atoms with Gasteiger partial charge < -0.3 is 9.15 Å². The van der Waals surface area contributed by atoms with Gasteiger partial charge in [-0.2, -0.15) is 0 Å². The number of carbonyl (C=O) groups is 1. The van der Waals surface area contributed by atoms with Gasteiger partial charge in [-0.1, -0.05) is 0 Å². The van der Waals surface area contributed by atoms with Crippen molar-refractivity contribution in [1.82, 2.24) is 0 Å². The van der Waals surface area contributed by atoms with Crippen LogP contribution in [0.3, 0.4) is 0 Å². The number of rotatable bonds is 2. The van der Waals surface area contributed by atoms with E-state index in [-0.39, 0.29) is 5.78 Å². The lowest BCUT2D eigenvalue weighted by atomic mass is 10.1. The maximum absolute atomic E-state index is 12.2. The maximum atomic E-state index is 12.2. The summed E-state index contributed by atoms with van der Waals surface area (Å²) in [5, 5.41) is 0. The van der Waals surface area contributed by atoms with E-state index < -0.39 is 0 Å². The molecule has 1 heterocycles. The normalized spacial score (nSPS) is 16.1. The second-order valence-corrected chi connectivity index (χ2v) is 4.21. The van der Waals surface area contributed by atoms with Gasteiger partial charge in [-0.15, -0.1) is 0 Å². The van der Waals surface area contributed by atoms with Crippen LogP contribution in [0.5, 0.6) is 5.75 Å². The molecule has 0 aliphatic heterocycles. The summed E-state index contributed by atoms with van der Waals surface area (Å²) < 4.78 is 10.4. The molecule has 0 N–H and O–H groups in total. The van der Waals surface area contributed by atoms with Gasteiger partial charge in [0.05, 0.1) is 13.4 Å². The zero-order valence-corrected chi connectivity index (χ0v) is 9.97. The van der Waals surface area contributed by atoms with Gasteiger partial charge >= 0.3 is 0 Å². The van der Waals surface area contributed by atoms with Gasteiger partial charge in [0.25, 0.3) is 0 Å². The third kappa shape index (κ3) is 1.74. The highest BCUT2D eigenvalue weighted by molar-refractivity contribution is 6.15. The van der Waals surface area contributed by atoms with Crippen molar-refractivity contribution in [3.8, 4) is 5.75 Å². The van der Waals surface area contributed by atoms with Crippen LogP contribution in [-0.2, 0) is 6.42 Å². The molecule has 1 aromatic carbocycles. The Bertz CT molecular complexity index is 621. The van der Waals surface area contributed by atoms with Crippen molar-refractivity contribution >= 4 is 11.9 Å². The number of carbonyl (C=O) groups excluding carboxylic acids is 1. The first-order valence-corrected chi connectivity index (χ1v) is 5.73. The van der Waals surface area contributed by atoms with Crippen LogP contribution in [-0.4, -0.2) is 12.9 Å². The van der Waals surface area contributed by atoms with E-state index in [4.69, 9.17) is 9.15 Å². The summed E-state index contributed by atoms with van der Waals surface area (Å²) in [6.45, 7) is 0. The Morgan fingerprint density at radius 1 is 1.33 bits per heavy atom. The summed E-state index contributed by atoms with van der Waals surface area (Å²) in [6.07, 6.45) is 4.03. The van der Waals surface area contributed by atoms with Gasteiger partial charge in [-0.25, -0.2) is 0 Å². The fourth-order valence-corrected chi connectivity index (χ4v) is 2.18. The number of ketones is 1. The molecule has 1 aliphatic rings. The second kappa shape index (κ2) is 4.18. The lowest BCUT2D eigenvalue weighted by Crippen LogP contribution is -1.95. The molecule has 1 aliphatic carbocycles. The highest BCUT2D eigenvalue weighted by Crippen LogP contribution is 2.30. The van der Waals surface area contributed by atoms with Gasteiger partial charge in [0.2, 0.25) is 0 Å². The van der Waals surface area contributed by atoms with Crippen LogP contribution in [0.2, 0.25) is 0 Å². The molecule has 1 aromatic heterocycles. The molecule has 3 rings (SSSR count). The monoisotopic (exact) mass is 240 g/mol. The Balaban J connectivity index is 1.98. The third-order valence-corrected chi connectivity index (χ3v) is 3.09. The lowest BCUT2D eigenvalue weighted by Gasteiger charge is -2.01. The van der Waals surface area contributed by atoms with E-state index in [1.165, 1.54) is 0 Å². The molecule has 18 heavy (non-hydrogen) atoms. The van der Waals surface area contributed by atoms with E-state index in [1.807, 2.05) is 30.3 Å². The molecule has 0 radical (unpaired) electrons. The largest absolute Gasteiger partial charge is 0.497 e. The molecule has 0 atom stereocenters. The topological polar surface area (TPSA) is 39.4 Å². The van der Waals surface area contributed by atoms with Gasteiger partial charge in [-0.3, -0.25) is 4.79 Å². The van der Waals surface area contributed by atoms with E-state index >= 15 is 0 Å². The molecule has 2 aromatic rings. The lowest BCUT2D eigenvalue weighted by molar-refractivity contribution is 0.104. The molecule has 0 amide bonds. The van der Waals surface area contributed by atoms with Crippen molar-refractivity contribution in [3.05, 3.63) is 59.1 Å². The van der Waals surface area contributed by atoms with Crippen LogP contribution in [0, 0.1) is 0 Å². The number of hydrogen-bond donors (Lipinski definition) is 0. The van der Waals surface area contributed by atoms with Crippen molar-refractivity contribution in [3.63, 3.8) is 0 Å². The molecule has 3 nitrogen and oxygen atoms in total. The minimum atomic E-state index is 0.0732. The Morgan fingerprint density at radius 2 is 2.22 bits per heavy atom. The summed E-state index contributed by atoms with van der Waals surface area (Å²) in [5.41, 5.74) is 2.53. The van der Waals surface area contributed by atoms with E-state index in [1.54, 1.807) is 19.4 Å². The second-order valence-electron chi connectivity index (χ2n) is 4.21. The summed E-state index contributed by atoms with van der Waals surface area (Å²) in [4.78, 5) is 12.2. The predicted molar refractivity (Wildman–Crippen MR) is 67.7 cm³/mol. The first-order chi connectivity index (χ1) is 8.78. The number of allylic oxidation sites excluding steroid dienone is 1. The molecular weight excluding hydrogens is 228 g/mol. The smallest absolute Gasteiger partial charge is 0.189 e. The zero-order chi connectivity index (χ0) is 12.5. The van der Waals surface area contributed by atoms with Gasteiger partial charge in [0.1, 0.15) is 11.5 Å². The van der Waals surface area contributed by atoms with Crippen LogP contribution in [0.4, 0.5) is 0 Å². The van der Waals surface area contributed by atoms with Crippen molar-refractivity contribution in [2.75, 3.05) is 7.11 Å². The molecule has 0 saturated heterocycles. The molecule has 0 saturated carbocycles. The number of furan rings is 1. The molecular formula is C15H12O3. The van der Waals surface area contributed by atoms with Crippen LogP contribution in [0.25, 0.3) is 6.08 Å². The van der Waals surface area contributed by atoms with Crippen molar-refractivity contribution in [2.45, 2.75) is 6.42 Å². The third-order valence-electron chi connectivity index (χ3n) is 3.09. The number of ether oxygens (including phenoxy) is 1. The SMILES string of the molecule is COc1ccc2c(c1)C/C(=C\c1ccco1)C2=O. The minimum Gasteiger partial charge on any atom is -0.497 e. The first-order valence-electron chi connectivity index (χ1n) is 5.73. The Labute approximate surface area is 105 Å². The number of benzene rings is 1. The van der Waals surface area contributed by atoms with E-state index in [2.05, 4.69) is 0 Å². The van der Waals surface area contributed by atoms with Crippen molar-refractivity contribution in [1.29, 1.82) is 0 Å². The number of methoxy groups -OCH3 is 1. The number of fused-ring (bicyclic) bond motifs is 1. The average Bonchev–Trinajstić information content (AvgIpc) is 2.99. The Morgan fingerprint density at radius 3 is 2.94 bits per heavy atom. The molecule has 0 bridgehead atoms. The van der Waals surface area contributed by atoms with Crippen molar-refractivity contribution in [2.24, 2.45) is 0 Å². The molecule has 0 unspecified atom stereocenters. The van der Waals surface area contributed by atoms with E-state index in [0.717, 1.165) is 22.4 Å². The standard InChI is InChI=1S/C15H12O3/c1-17-12-4-5-14-10(8-12)7-11(15(14)16)9-13-3-2-6-18-13/h2-6,8-9H,7H2,1H3/b11-9+. The van der Waals surface area contributed by atoms with Crippen LogP contribution in [0.15, 0.2) is 46.6 Å². The fraction of sp³-hybridized carbons (Fsp3) is 0.133. The number of hydrogen-bond acceptors (Lipinski definition) is 3. The van der Waals surface area contributed by atoms with Crippen LogP contribution >= 0.6 is 0 Å². The summed E-state index contributed by atoms with van der Waals surface area (Å²) >= 11 is 0. The van der Waals surface area contributed by atoms with Crippen LogP contribution in [0.1, 0.15) is 21.7 Å². The highest BCUT2D eigenvalue weighted by Gasteiger charge is 2.25. The van der Waals surface area contributed by atoms with E-state index in [0.29, 0.717) is 12.2 Å². The average molecular weight is 240 g/mol. The van der Waals surface area contributed by atoms with E-state index in [9.17, 15) is 4.79 Å². The molecule has 3 heteroatoms. The summed E-state index contributed by atoms with van der Waals surface area (Å²) in [5.74, 6) is 1.56.